The first-order chi connectivity index (χ1) is 14.6. The van der Waals surface area contributed by atoms with Crippen molar-refractivity contribution in [2.45, 2.75) is 6.42 Å². The summed E-state index contributed by atoms with van der Waals surface area (Å²) >= 11 is 0. The second-order valence-electron chi connectivity index (χ2n) is 6.47. The zero-order valence-corrected chi connectivity index (χ0v) is 16.4. The number of allylic oxidation sites excluding steroid dienone is 1. The molecule has 0 radical (unpaired) electrons. The van der Waals surface area contributed by atoms with Crippen LogP contribution >= 0.6 is 0 Å². The number of nitrogens with zero attached hydrogens (tertiary/aromatic N) is 2. The van der Waals surface area contributed by atoms with Crippen LogP contribution in [0.2, 0.25) is 0 Å². The maximum absolute atomic E-state index is 10.8. The molecule has 30 heavy (non-hydrogen) atoms. The molecule has 0 amide bonds. The van der Waals surface area contributed by atoms with Crippen molar-refractivity contribution in [3.63, 3.8) is 0 Å². The average molecular weight is 400 g/mol. The second kappa shape index (κ2) is 9.89. The predicted octanol–water partition coefficient (Wildman–Crippen LogP) is 5.29. The molecule has 0 saturated carbocycles. The first-order valence-electron chi connectivity index (χ1n) is 9.32. The molecule has 0 bridgehead atoms. The summed E-state index contributed by atoms with van der Waals surface area (Å²) in [5.41, 5.74) is 2.93. The van der Waals surface area contributed by atoms with Gasteiger partial charge in [-0.2, -0.15) is 5.26 Å². The highest BCUT2D eigenvalue weighted by molar-refractivity contribution is 5.90. The van der Waals surface area contributed by atoms with Gasteiger partial charge in [0.15, 0.2) is 11.5 Å². The van der Waals surface area contributed by atoms with Crippen LogP contribution in [-0.2, 0) is 6.42 Å². The molecule has 0 saturated heterocycles. The molecule has 0 aliphatic heterocycles. The Labute approximate surface area is 174 Å². The minimum Gasteiger partial charge on any atom is -0.493 e. The highest BCUT2D eigenvalue weighted by atomic mass is 16.6. The van der Waals surface area contributed by atoms with Gasteiger partial charge in [0.2, 0.25) is 0 Å². The lowest BCUT2D eigenvalue weighted by Crippen LogP contribution is -2.02. The van der Waals surface area contributed by atoms with Gasteiger partial charge in [-0.1, -0.05) is 36.4 Å². The van der Waals surface area contributed by atoms with Crippen LogP contribution in [-0.4, -0.2) is 18.6 Å². The largest absolute Gasteiger partial charge is 0.493 e. The zero-order chi connectivity index (χ0) is 21.3. The Morgan fingerprint density at radius 2 is 1.80 bits per heavy atom. The van der Waals surface area contributed by atoms with Crippen LogP contribution in [0.25, 0.3) is 11.6 Å². The molecule has 3 aromatic rings. The first-order valence-corrected chi connectivity index (χ1v) is 9.32. The van der Waals surface area contributed by atoms with E-state index in [0.29, 0.717) is 29.2 Å². The number of nitro groups is 1. The summed E-state index contributed by atoms with van der Waals surface area (Å²) in [6.07, 6.45) is 2.49. The molecule has 0 aliphatic rings. The molecule has 0 aromatic heterocycles. The van der Waals surface area contributed by atoms with Crippen LogP contribution in [0.3, 0.4) is 0 Å². The minimum absolute atomic E-state index is 0.0188. The number of hydrogen-bond acceptors (Lipinski definition) is 5. The monoisotopic (exact) mass is 400 g/mol. The smallest absolute Gasteiger partial charge is 0.269 e. The Balaban J connectivity index is 1.75. The number of methoxy groups -OCH3 is 1. The number of nitro benzene ring substituents is 1. The van der Waals surface area contributed by atoms with Crippen molar-refractivity contribution in [1.29, 1.82) is 5.26 Å². The van der Waals surface area contributed by atoms with Crippen molar-refractivity contribution in [2.75, 3.05) is 13.7 Å². The van der Waals surface area contributed by atoms with Crippen molar-refractivity contribution >= 4 is 17.3 Å². The number of ether oxygens (including phenoxy) is 2. The van der Waals surface area contributed by atoms with Gasteiger partial charge in [-0.05, 0) is 47.0 Å². The predicted molar refractivity (Wildman–Crippen MR) is 115 cm³/mol. The van der Waals surface area contributed by atoms with Crippen LogP contribution in [0.4, 0.5) is 5.69 Å². The standard InChI is InChI=1S/C24H20N2O4/c1-29-24-16-19(7-12-23(24)30-14-13-18-5-3-2-4-6-18)15-21(17-25)20-8-10-22(11-9-20)26(27)28/h2-12,15-16H,13-14H2,1H3/b21-15-. The van der Waals surface area contributed by atoms with Crippen molar-refractivity contribution in [1.82, 2.24) is 0 Å². The molecule has 0 spiro atoms. The molecule has 3 rings (SSSR count). The molecule has 3 aromatic carbocycles. The molecule has 0 N–H and O–H groups in total. The molecule has 0 atom stereocenters. The van der Waals surface area contributed by atoms with Crippen LogP contribution in [0, 0.1) is 21.4 Å². The molecular weight excluding hydrogens is 380 g/mol. The highest BCUT2D eigenvalue weighted by Crippen LogP contribution is 2.30. The Morgan fingerprint density at radius 3 is 2.43 bits per heavy atom. The van der Waals surface area contributed by atoms with Gasteiger partial charge in [0.05, 0.1) is 30.3 Å². The highest BCUT2D eigenvalue weighted by Gasteiger charge is 2.09. The SMILES string of the molecule is COc1cc(/C=C(/C#N)c2ccc([N+](=O)[O-])cc2)ccc1OCCc1ccccc1. The first kappa shape index (κ1) is 20.6. The summed E-state index contributed by atoms with van der Waals surface area (Å²) < 4.78 is 11.3. The van der Waals surface area contributed by atoms with Crippen LogP contribution in [0.1, 0.15) is 16.7 Å². The van der Waals surface area contributed by atoms with Gasteiger partial charge in [0, 0.05) is 18.6 Å². The van der Waals surface area contributed by atoms with E-state index in [4.69, 9.17) is 9.47 Å². The van der Waals surface area contributed by atoms with Crippen molar-refractivity contribution in [3.05, 3.63) is 99.6 Å². The number of hydrogen-bond donors (Lipinski definition) is 0. The lowest BCUT2D eigenvalue weighted by Gasteiger charge is -2.11. The number of nitriles is 1. The van der Waals surface area contributed by atoms with Crippen LogP contribution in [0.5, 0.6) is 11.5 Å². The summed E-state index contributed by atoms with van der Waals surface area (Å²) in [5, 5.41) is 20.3. The topological polar surface area (TPSA) is 85.4 Å². The maximum atomic E-state index is 10.8. The molecule has 6 heteroatoms. The Hall–Kier alpha value is -4.11. The van der Waals surface area contributed by atoms with E-state index in [0.717, 1.165) is 12.0 Å². The van der Waals surface area contributed by atoms with Gasteiger partial charge < -0.3 is 9.47 Å². The van der Waals surface area contributed by atoms with E-state index in [1.807, 2.05) is 24.3 Å². The Bertz CT molecular complexity index is 1080. The van der Waals surface area contributed by atoms with Crippen molar-refractivity contribution < 1.29 is 14.4 Å². The molecule has 0 unspecified atom stereocenters. The van der Waals surface area contributed by atoms with Gasteiger partial charge in [-0.15, -0.1) is 0 Å². The van der Waals surface area contributed by atoms with Crippen LogP contribution in [0.15, 0.2) is 72.8 Å². The number of non-ortho nitro benzene ring substituents is 1. The van der Waals surface area contributed by atoms with Crippen molar-refractivity contribution in [2.24, 2.45) is 0 Å². The number of benzene rings is 3. The van der Waals surface area contributed by atoms with Gasteiger partial charge in [-0.25, -0.2) is 0 Å². The summed E-state index contributed by atoms with van der Waals surface area (Å²) in [7, 11) is 1.56. The molecule has 6 nitrogen and oxygen atoms in total. The van der Waals surface area contributed by atoms with Crippen molar-refractivity contribution in [3.8, 4) is 17.6 Å². The molecular formula is C24H20N2O4. The van der Waals surface area contributed by atoms with E-state index in [1.54, 1.807) is 37.5 Å². The van der Waals surface area contributed by atoms with Crippen LogP contribution < -0.4 is 9.47 Å². The van der Waals surface area contributed by atoms with E-state index >= 15 is 0 Å². The fraction of sp³-hybridized carbons (Fsp3) is 0.125. The number of rotatable bonds is 8. The summed E-state index contributed by atoms with van der Waals surface area (Å²) in [4.78, 5) is 10.3. The summed E-state index contributed by atoms with van der Waals surface area (Å²) in [5.74, 6) is 1.19. The quantitative estimate of drug-likeness (QED) is 0.222. The van der Waals surface area contributed by atoms with Gasteiger partial charge in [0.25, 0.3) is 5.69 Å². The van der Waals surface area contributed by atoms with E-state index in [2.05, 4.69) is 18.2 Å². The maximum Gasteiger partial charge on any atom is 0.269 e. The fourth-order valence-corrected chi connectivity index (χ4v) is 2.93. The van der Waals surface area contributed by atoms with Gasteiger partial charge >= 0.3 is 0 Å². The van der Waals surface area contributed by atoms with E-state index < -0.39 is 4.92 Å². The Kier molecular flexibility index (Phi) is 6.80. The Morgan fingerprint density at radius 1 is 1.07 bits per heavy atom. The normalized spacial score (nSPS) is 10.9. The lowest BCUT2D eigenvalue weighted by molar-refractivity contribution is -0.384. The third-order valence-corrected chi connectivity index (χ3v) is 4.50. The van der Waals surface area contributed by atoms with Gasteiger partial charge in [-0.3, -0.25) is 10.1 Å². The third-order valence-electron chi connectivity index (χ3n) is 4.50. The fourth-order valence-electron chi connectivity index (χ4n) is 2.93. The second-order valence-corrected chi connectivity index (χ2v) is 6.47. The minimum atomic E-state index is -0.471. The average Bonchev–Trinajstić information content (AvgIpc) is 2.79. The molecule has 150 valence electrons. The van der Waals surface area contributed by atoms with E-state index in [9.17, 15) is 15.4 Å². The summed E-state index contributed by atoms with van der Waals surface area (Å²) in [6, 6.07) is 23.5. The molecule has 0 heterocycles. The third kappa shape index (κ3) is 5.24. The molecule has 0 fully saturated rings. The van der Waals surface area contributed by atoms with E-state index in [-0.39, 0.29) is 5.69 Å². The lowest BCUT2D eigenvalue weighted by atomic mass is 10.0. The van der Waals surface area contributed by atoms with E-state index in [1.165, 1.54) is 17.7 Å². The molecule has 0 aliphatic carbocycles. The summed E-state index contributed by atoms with van der Waals surface area (Å²) in [6.45, 7) is 0.516. The zero-order valence-electron chi connectivity index (χ0n) is 16.4. The van der Waals surface area contributed by atoms with Gasteiger partial charge in [0.1, 0.15) is 0 Å².